The standard InChI is InChI=1S/C22H44N2O4/c1-8-9-10-11-12-15-18(24-20(26)28-22(5,6)7)16-13-14-17-23-19(25)27-21(2,3)4/h18H,8-17H2,1-7H3,(H,23,25)(H,24,26)/t18-/m1/s1. The third-order valence-corrected chi connectivity index (χ3v) is 4.02. The summed E-state index contributed by atoms with van der Waals surface area (Å²) in [6.45, 7) is 13.9. The minimum atomic E-state index is -0.493. The summed E-state index contributed by atoms with van der Waals surface area (Å²) in [5.41, 5.74) is -0.975. The fraction of sp³-hybridized carbons (Fsp3) is 0.909. The molecule has 0 bridgehead atoms. The zero-order chi connectivity index (χ0) is 21.6. The van der Waals surface area contributed by atoms with Crippen LogP contribution in [-0.4, -0.2) is 36.0 Å². The zero-order valence-corrected chi connectivity index (χ0v) is 19.3. The monoisotopic (exact) mass is 400 g/mol. The SMILES string of the molecule is CCCCCCC[C@H](CCCCNC(=O)OC(C)(C)C)NC(=O)OC(C)(C)C. The third-order valence-electron chi connectivity index (χ3n) is 4.02. The van der Waals surface area contributed by atoms with Gasteiger partial charge in [-0.2, -0.15) is 0 Å². The second-order valence-electron chi connectivity index (χ2n) is 9.47. The molecule has 0 saturated heterocycles. The van der Waals surface area contributed by atoms with Crippen LogP contribution in [0.15, 0.2) is 0 Å². The molecule has 0 aromatic heterocycles. The number of amides is 2. The van der Waals surface area contributed by atoms with Crippen LogP contribution < -0.4 is 10.6 Å². The van der Waals surface area contributed by atoms with Crippen LogP contribution in [0.5, 0.6) is 0 Å². The third kappa shape index (κ3) is 17.9. The molecule has 2 N–H and O–H groups in total. The fourth-order valence-corrected chi connectivity index (χ4v) is 2.78. The van der Waals surface area contributed by atoms with Crippen LogP contribution in [0.1, 0.15) is 106 Å². The number of unbranched alkanes of at least 4 members (excludes halogenated alkanes) is 5. The first-order chi connectivity index (χ1) is 12.9. The molecule has 0 heterocycles. The van der Waals surface area contributed by atoms with Crippen LogP contribution in [0.25, 0.3) is 0 Å². The topological polar surface area (TPSA) is 76.7 Å². The molecule has 0 saturated carbocycles. The summed E-state index contributed by atoms with van der Waals surface area (Å²) in [5.74, 6) is 0. The first-order valence-electron chi connectivity index (χ1n) is 10.9. The molecule has 0 unspecified atom stereocenters. The maximum atomic E-state index is 12.1. The first-order valence-corrected chi connectivity index (χ1v) is 10.9. The van der Waals surface area contributed by atoms with E-state index in [0.29, 0.717) is 6.54 Å². The van der Waals surface area contributed by atoms with E-state index < -0.39 is 11.2 Å². The van der Waals surface area contributed by atoms with E-state index in [2.05, 4.69) is 17.6 Å². The van der Waals surface area contributed by atoms with Crippen molar-refractivity contribution in [1.82, 2.24) is 10.6 Å². The fourth-order valence-electron chi connectivity index (χ4n) is 2.78. The Morgan fingerprint density at radius 2 is 1.25 bits per heavy atom. The van der Waals surface area contributed by atoms with E-state index in [1.54, 1.807) is 0 Å². The van der Waals surface area contributed by atoms with E-state index in [1.807, 2.05) is 41.5 Å². The quantitative estimate of drug-likeness (QED) is 0.398. The predicted octanol–water partition coefficient (Wildman–Crippen LogP) is 5.94. The molecule has 0 aliphatic rings. The Morgan fingerprint density at radius 3 is 1.79 bits per heavy atom. The van der Waals surface area contributed by atoms with E-state index in [0.717, 1.165) is 32.1 Å². The summed E-state index contributed by atoms with van der Waals surface area (Å²) in [7, 11) is 0. The smallest absolute Gasteiger partial charge is 0.407 e. The Balaban J connectivity index is 4.24. The molecule has 2 amide bonds. The van der Waals surface area contributed by atoms with E-state index in [-0.39, 0.29) is 18.2 Å². The maximum Gasteiger partial charge on any atom is 0.407 e. The number of ether oxygens (including phenoxy) is 2. The van der Waals surface area contributed by atoms with Gasteiger partial charge in [-0.05, 0) is 67.2 Å². The highest BCUT2D eigenvalue weighted by molar-refractivity contribution is 5.68. The van der Waals surface area contributed by atoms with Gasteiger partial charge in [0.1, 0.15) is 11.2 Å². The van der Waals surface area contributed by atoms with Gasteiger partial charge in [-0.25, -0.2) is 9.59 Å². The van der Waals surface area contributed by atoms with Crippen LogP contribution in [0.4, 0.5) is 9.59 Å². The van der Waals surface area contributed by atoms with Gasteiger partial charge in [0, 0.05) is 12.6 Å². The molecule has 0 aromatic rings. The summed E-state index contributed by atoms with van der Waals surface area (Å²) in [5, 5.41) is 5.80. The summed E-state index contributed by atoms with van der Waals surface area (Å²) in [4.78, 5) is 23.8. The summed E-state index contributed by atoms with van der Waals surface area (Å²) in [6, 6.07) is 0.109. The molecule has 6 nitrogen and oxygen atoms in total. The maximum absolute atomic E-state index is 12.1. The molecule has 28 heavy (non-hydrogen) atoms. The molecule has 0 spiro atoms. The highest BCUT2D eigenvalue weighted by atomic mass is 16.6. The van der Waals surface area contributed by atoms with Gasteiger partial charge >= 0.3 is 12.2 Å². The van der Waals surface area contributed by atoms with Crippen molar-refractivity contribution < 1.29 is 19.1 Å². The first kappa shape index (κ1) is 26.5. The van der Waals surface area contributed by atoms with E-state index in [9.17, 15) is 9.59 Å². The van der Waals surface area contributed by atoms with Crippen molar-refractivity contribution in [1.29, 1.82) is 0 Å². The van der Waals surface area contributed by atoms with Gasteiger partial charge in [-0.15, -0.1) is 0 Å². The van der Waals surface area contributed by atoms with E-state index in [4.69, 9.17) is 9.47 Å². The van der Waals surface area contributed by atoms with Crippen LogP contribution in [0.2, 0.25) is 0 Å². The number of rotatable bonds is 12. The number of hydrogen-bond acceptors (Lipinski definition) is 4. The van der Waals surface area contributed by atoms with Crippen molar-refractivity contribution in [3.8, 4) is 0 Å². The van der Waals surface area contributed by atoms with Gasteiger partial charge in [0.2, 0.25) is 0 Å². The number of hydrogen-bond donors (Lipinski definition) is 2. The molecular formula is C22H44N2O4. The van der Waals surface area contributed by atoms with Gasteiger partial charge in [0.05, 0.1) is 0 Å². The lowest BCUT2D eigenvalue weighted by atomic mass is 10.0. The molecule has 1 atom stereocenters. The van der Waals surface area contributed by atoms with Crippen molar-refractivity contribution in [2.45, 2.75) is 123 Å². The second kappa shape index (κ2) is 13.7. The van der Waals surface area contributed by atoms with Crippen molar-refractivity contribution >= 4 is 12.2 Å². The minimum Gasteiger partial charge on any atom is -0.444 e. The average Bonchev–Trinajstić information content (AvgIpc) is 2.50. The highest BCUT2D eigenvalue weighted by Crippen LogP contribution is 2.14. The lowest BCUT2D eigenvalue weighted by Gasteiger charge is -2.24. The van der Waals surface area contributed by atoms with E-state index in [1.165, 1.54) is 25.7 Å². The van der Waals surface area contributed by atoms with Crippen LogP contribution >= 0.6 is 0 Å². The molecule has 0 rings (SSSR count). The summed E-state index contributed by atoms with van der Waals surface area (Å²) >= 11 is 0. The Bertz CT molecular complexity index is 439. The van der Waals surface area contributed by atoms with Gasteiger partial charge in [0.25, 0.3) is 0 Å². The van der Waals surface area contributed by atoms with Gasteiger partial charge in [0.15, 0.2) is 0 Å². The van der Waals surface area contributed by atoms with E-state index >= 15 is 0 Å². The molecule has 0 fully saturated rings. The molecule has 0 aliphatic carbocycles. The number of carbonyl (C=O) groups excluding carboxylic acids is 2. The van der Waals surface area contributed by atoms with Crippen molar-refractivity contribution in [3.63, 3.8) is 0 Å². The second-order valence-corrected chi connectivity index (χ2v) is 9.47. The molecular weight excluding hydrogens is 356 g/mol. The number of nitrogens with one attached hydrogen (secondary N) is 2. The Morgan fingerprint density at radius 1 is 0.750 bits per heavy atom. The Kier molecular flexibility index (Phi) is 13.0. The molecule has 166 valence electrons. The van der Waals surface area contributed by atoms with Crippen molar-refractivity contribution in [2.75, 3.05) is 6.54 Å². The lowest BCUT2D eigenvalue weighted by molar-refractivity contribution is 0.0496. The molecule has 0 aromatic carbocycles. The summed E-state index contributed by atoms with van der Waals surface area (Å²) in [6.07, 6.45) is 8.92. The number of alkyl carbamates (subject to hydrolysis) is 2. The Hall–Kier alpha value is -1.46. The van der Waals surface area contributed by atoms with Crippen molar-refractivity contribution in [2.24, 2.45) is 0 Å². The van der Waals surface area contributed by atoms with Crippen LogP contribution in [0, 0.1) is 0 Å². The van der Waals surface area contributed by atoms with Crippen molar-refractivity contribution in [3.05, 3.63) is 0 Å². The normalized spacial score (nSPS) is 13.0. The lowest BCUT2D eigenvalue weighted by Crippen LogP contribution is -2.39. The molecule has 6 heteroatoms. The van der Waals surface area contributed by atoms with Crippen LogP contribution in [-0.2, 0) is 9.47 Å². The van der Waals surface area contributed by atoms with Gasteiger partial charge < -0.3 is 20.1 Å². The number of carbonyl (C=O) groups is 2. The highest BCUT2D eigenvalue weighted by Gasteiger charge is 2.19. The van der Waals surface area contributed by atoms with Gasteiger partial charge in [-0.3, -0.25) is 0 Å². The molecule has 0 aliphatic heterocycles. The minimum absolute atomic E-state index is 0.109. The average molecular weight is 401 g/mol. The largest absolute Gasteiger partial charge is 0.444 e. The summed E-state index contributed by atoms with van der Waals surface area (Å²) < 4.78 is 10.6. The zero-order valence-electron chi connectivity index (χ0n) is 19.3. The molecule has 0 radical (unpaired) electrons. The Labute approximate surface area is 172 Å². The predicted molar refractivity (Wildman–Crippen MR) is 115 cm³/mol. The van der Waals surface area contributed by atoms with Gasteiger partial charge in [-0.1, -0.05) is 39.0 Å². The van der Waals surface area contributed by atoms with Crippen LogP contribution in [0.3, 0.4) is 0 Å².